The van der Waals surface area contributed by atoms with E-state index in [4.69, 9.17) is 9.47 Å². The molecule has 1 amide bonds. The molecule has 3 rings (SSSR count). The molecule has 0 aromatic heterocycles. The third kappa shape index (κ3) is 6.41. The number of esters is 1. The van der Waals surface area contributed by atoms with E-state index in [0.717, 1.165) is 15.9 Å². The number of para-hydroxylation sites is 1. The van der Waals surface area contributed by atoms with Crippen molar-refractivity contribution in [3.63, 3.8) is 0 Å². The van der Waals surface area contributed by atoms with Crippen molar-refractivity contribution >= 4 is 35.9 Å². The van der Waals surface area contributed by atoms with Gasteiger partial charge in [0.1, 0.15) is 17.4 Å². The molecule has 1 N–H and O–H groups in total. The zero-order valence-electron chi connectivity index (χ0n) is 18.7. The lowest BCUT2D eigenvalue weighted by atomic mass is 10.2. The smallest absolute Gasteiger partial charge is 0.408 e. The summed E-state index contributed by atoms with van der Waals surface area (Å²) in [5.41, 5.74) is -0.651. The van der Waals surface area contributed by atoms with Crippen molar-refractivity contribution in [3.05, 3.63) is 84.9 Å². The minimum Gasteiger partial charge on any atom is -0.444 e. The molecule has 0 heterocycles. The molecule has 0 fully saturated rings. The van der Waals surface area contributed by atoms with Gasteiger partial charge in [-0.3, -0.25) is 0 Å². The van der Waals surface area contributed by atoms with Crippen LogP contribution in [0.15, 0.2) is 84.9 Å². The molecule has 0 spiro atoms. The molecular formula is C26H28NO4P. The molecule has 32 heavy (non-hydrogen) atoms. The van der Waals surface area contributed by atoms with Crippen molar-refractivity contribution in [2.24, 2.45) is 0 Å². The highest BCUT2D eigenvalue weighted by atomic mass is 31.1. The normalized spacial score (nSPS) is 12.2. The Morgan fingerprint density at radius 3 is 1.84 bits per heavy atom. The van der Waals surface area contributed by atoms with Gasteiger partial charge >= 0.3 is 12.1 Å². The second-order valence-electron chi connectivity index (χ2n) is 8.26. The first kappa shape index (κ1) is 23.5. The monoisotopic (exact) mass is 449 g/mol. The Kier molecular flexibility index (Phi) is 7.66. The summed E-state index contributed by atoms with van der Waals surface area (Å²) in [5.74, 6) is -0.0754. The minimum atomic E-state index is -0.941. The van der Waals surface area contributed by atoms with E-state index >= 15 is 0 Å². The summed E-state index contributed by atoms with van der Waals surface area (Å²) in [4.78, 5) is 24.8. The largest absolute Gasteiger partial charge is 0.444 e. The maximum atomic E-state index is 12.8. The van der Waals surface area contributed by atoms with Gasteiger partial charge in [-0.15, -0.1) is 0 Å². The van der Waals surface area contributed by atoms with E-state index < -0.39 is 31.6 Å². The molecule has 6 heteroatoms. The van der Waals surface area contributed by atoms with Crippen molar-refractivity contribution in [1.29, 1.82) is 0 Å². The van der Waals surface area contributed by atoms with Crippen LogP contribution in [0.25, 0.3) is 0 Å². The fourth-order valence-electron chi connectivity index (χ4n) is 3.05. The van der Waals surface area contributed by atoms with E-state index in [9.17, 15) is 9.59 Å². The molecule has 0 radical (unpaired) electrons. The summed E-state index contributed by atoms with van der Waals surface area (Å²) in [6.45, 7) is 6.87. The number of amides is 1. The van der Waals surface area contributed by atoms with Crippen LogP contribution in [0.1, 0.15) is 27.7 Å². The molecule has 3 aromatic carbocycles. The first-order chi connectivity index (χ1) is 15.2. The van der Waals surface area contributed by atoms with Gasteiger partial charge in [-0.2, -0.15) is 0 Å². The molecule has 0 aliphatic rings. The topological polar surface area (TPSA) is 64.6 Å². The fraction of sp³-hybridized carbons (Fsp3) is 0.231. The van der Waals surface area contributed by atoms with Gasteiger partial charge in [-0.1, -0.05) is 78.9 Å². The van der Waals surface area contributed by atoms with Gasteiger partial charge in [0.05, 0.1) is 0 Å². The Bertz CT molecular complexity index is 1010. The zero-order valence-corrected chi connectivity index (χ0v) is 19.6. The molecular weight excluding hydrogens is 421 g/mol. The lowest BCUT2D eigenvalue weighted by Crippen LogP contribution is -2.43. The summed E-state index contributed by atoms with van der Waals surface area (Å²) in [6.07, 6.45) is -0.661. The van der Waals surface area contributed by atoms with E-state index in [2.05, 4.69) is 29.6 Å². The fourth-order valence-corrected chi connectivity index (χ4v) is 5.42. The average Bonchev–Trinajstić information content (AvgIpc) is 2.75. The number of ether oxygens (including phenoxy) is 2. The third-order valence-corrected chi connectivity index (χ3v) is 6.91. The van der Waals surface area contributed by atoms with Crippen LogP contribution >= 0.6 is 7.92 Å². The Labute approximate surface area is 190 Å². The van der Waals surface area contributed by atoms with Crippen LogP contribution in [-0.4, -0.2) is 23.7 Å². The third-order valence-electron chi connectivity index (χ3n) is 4.43. The van der Waals surface area contributed by atoms with Crippen molar-refractivity contribution in [1.82, 2.24) is 5.32 Å². The predicted molar refractivity (Wildman–Crippen MR) is 130 cm³/mol. The van der Waals surface area contributed by atoms with Gasteiger partial charge in [-0.05, 0) is 52.3 Å². The molecule has 166 valence electrons. The number of carbonyl (C=O) groups is 2. The summed E-state index contributed by atoms with van der Waals surface area (Å²) >= 11 is 0. The summed E-state index contributed by atoms with van der Waals surface area (Å²) in [7, 11) is -0.941. The van der Waals surface area contributed by atoms with E-state index in [1.165, 1.54) is 0 Å². The van der Waals surface area contributed by atoms with Crippen LogP contribution < -0.4 is 26.0 Å². The van der Waals surface area contributed by atoms with Crippen molar-refractivity contribution < 1.29 is 19.1 Å². The number of carbonyl (C=O) groups excluding carboxylic acids is 2. The molecule has 0 unspecified atom stereocenters. The lowest BCUT2D eigenvalue weighted by Gasteiger charge is -2.23. The van der Waals surface area contributed by atoms with Crippen molar-refractivity contribution in [2.45, 2.75) is 39.3 Å². The second kappa shape index (κ2) is 10.4. The number of hydrogen-bond acceptors (Lipinski definition) is 4. The van der Waals surface area contributed by atoms with Crippen LogP contribution in [0.2, 0.25) is 0 Å². The zero-order chi connectivity index (χ0) is 23.1. The van der Waals surface area contributed by atoms with Gasteiger partial charge < -0.3 is 14.8 Å². The van der Waals surface area contributed by atoms with E-state index in [0.29, 0.717) is 5.75 Å². The highest BCUT2D eigenvalue weighted by Crippen LogP contribution is 2.36. The van der Waals surface area contributed by atoms with Gasteiger partial charge in [-0.25, -0.2) is 9.59 Å². The Balaban J connectivity index is 1.87. The number of alkyl carbamates (subject to hydrolysis) is 1. The standard InChI is InChI=1S/C26H28NO4P/c1-19(27-25(29)31-26(2,3)4)24(28)30-22-17-11-12-18-23(22)32(20-13-7-5-8-14-20)21-15-9-6-10-16-21/h5-19H,1-4H3,(H,27,29)/t19-/m0/s1. The number of benzene rings is 3. The summed E-state index contributed by atoms with van der Waals surface area (Å²) in [6, 6.07) is 27.0. The van der Waals surface area contributed by atoms with Gasteiger partial charge in [0.25, 0.3) is 0 Å². The molecule has 1 atom stereocenters. The van der Waals surface area contributed by atoms with E-state index in [1.807, 2.05) is 54.6 Å². The summed E-state index contributed by atoms with van der Waals surface area (Å²) in [5, 5.41) is 5.77. The quantitative estimate of drug-likeness (QED) is 0.347. The number of rotatable bonds is 6. The Morgan fingerprint density at radius 1 is 0.812 bits per heavy atom. The Hall–Kier alpha value is -3.17. The van der Waals surface area contributed by atoms with Crippen LogP contribution in [0.4, 0.5) is 4.79 Å². The predicted octanol–water partition coefficient (Wildman–Crippen LogP) is 4.26. The average molecular weight is 449 g/mol. The van der Waals surface area contributed by atoms with Crippen LogP contribution in [0, 0.1) is 0 Å². The van der Waals surface area contributed by atoms with Crippen LogP contribution in [-0.2, 0) is 9.53 Å². The van der Waals surface area contributed by atoms with Gasteiger partial charge in [0.2, 0.25) is 0 Å². The van der Waals surface area contributed by atoms with E-state index in [-0.39, 0.29) is 0 Å². The molecule has 3 aromatic rings. The number of hydrogen-bond donors (Lipinski definition) is 1. The summed E-state index contributed by atoms with van der Waals surface area (Å²) < 4.78 is 11.0. The lowest BCUT2D eigenvalue weighted by molar-refractivity contribution is -0.136. The number of nitrogens with one attached hydrogen (secondary N) is 1. The SMILES string of the molecule is C[C@H](NC(=O)OC(C)(C)C)C(=O)Oc1ccccc1P(c1ccccc1)c1ccccc1. The highest BCUT2D eigenvalue weighted by molar-refractivity contribution is 7.80. The highest BCUT2D eigenvalue weighted by Gasteiger charge is 2.25. The molecule has 0 saturated carbocycles. The molecule has 0 bridgehead atoms. The first-order valence-corrected chi connectivity index (χ1v) is 11.8. The van der Waals surface area contributed by atoms with Gasteiger partial charge in [0, 0.05) is 5.30 Å². The second-order valence-corrected chi connectivity index (χ2v) is 10.4. The van der Waals surface area contributed by atoms with E-state index in [1.54, 1.807) is 33.8 Å². The first-order valence-electron chi connectivity index (χ1n) is 10.4. The van der Waals surface area contributed by atoms with Crippen molar-refractivity contribution in [2.75, 3.05) is 0 Å². The molecule has 0 aliphatic carbocycles. The maximum Gasteiger partial charge on any atom is 0.408 e. The van der Waals surface area contributed by atoms with Crippen LogP contribution in [0.5, 0.6) is 5.75 Å². The Morgan fingerprint density at radius 2 is 1.31 bits per heavy atom. The maximum absolute atomic E-state index is 12.8. The minimum absolute atomic E-state index is 0.481. The molecule has 5 nitrogen and oxygen atoms in total. The molecule has 0 aliphatic heterocycles. The van der Waals surface area contributed by atoms with Crippen molar-refractivity contribution in [3.8, 4) is 5.75 Å². The van der Waals surface area contributed by atoms with Crippen LogP contribution in [0.3, 0.4) is 0 Å². The van der Waals surface area contributed by atoms with Gasteiger partial charge in [0.15, 0.2) is 0 Å². The molecule has 0 saturated heterocycles.